The van der Waals surface area contributed by atoms with Crippen LogP contribution in [0.4, 0.5) is 0 Å². The normalized spacial score (nSPS) is 30.5. The van der Waals surface area contributed by atoms with E-state index in [2.05, 4.69) is 47.7 Å². The van der Waals surface area contributed by atoms with Crippen LogP contribution in [0.3, 0.4) is 0 Å². The molecule has 3 atom stereocenters. The standard InChI is InChI=1S/C15H23N3O/c1-10-8-16-9-13(10)15(19)18-7-6-17-11(2)4-5-14(17)12(18)3/h4-5,10,12-13,16H,6-9H2,1-3H3/t10-,12?,13-/m1/s1. The summed E-state index contributed by atoms with van der Waals surface area (Å²) < 4.78 is 2.34. The average Bonchev–Trinajstić information content (AvgIpc) is 2.97. The van der Waals surface area contributed by atoms with Crippen LogP contribution in [0, 0.1) is 18.8 Å². The van der Waals surface area contributed by atoms with E-state index in [0.717, 1.165) is 26.2 Å². The van der Waals surface area contributed by atoms with Crippen molar-refractivity contribution >= 4 is 5.91 Å². The molecule has 1 saturated heterocycles. The van der Waals surface area contributed by atoms with E-state index in [1.165, 1.54) is 11.4 Å². The van der Waals surface area contributed by atoms with Crippen molar-refractivity contribution in [2.24, 2.45) is 11.8 Å². The molecule has 1 aromatic heterocycles. The van der Waals surface area contributed by atoms with E-state index in [4.69, 9.17) is 0 Å². The predicted molar refractivity (Wildman–Crippen MR) is 74.8 cm³/mol. The fourth-order valence-corrected chi connectivity index (χ4v) is 3.48. The molecule has 0 aliphatic carbocycles. The number of nitrogens with one attached hydrogen (secondary N) is 1. The Morgan fingerprint density at radius 1 is 1.26 bits per heavy atom. The highest BCUT2D eigenvalue weighted by Crippen LogP contribution is 2.30. The molecule has 2 aliphatic rings. The maximum atomic E-state index is 12.7. The number of aryl methyl sites for hydroxylation is 1. The van der Waals surface area contributed by atoms with Gasteiger partial charge >= 0.3 is 0 Å². The van der Waals surface area contributed by atoms with Crippen molar-refractivity contribution in [1.82, 2.24) is 14.8 Å². The quantitative estimate of drug-likeness (QED) is 0.833. The van der Waals surface area contributed by atoms with Gasteiger partial charge in [-0.05, 0) is 38.4 Å². The van der Waals surface area contributed by atoms with Gasteiger partial charge in [0.2, 0.25) is 5.91 Å². The van der Waals surface area contributed by atoms with Gasteiger partial charge in [-0.1, -0.05) is 6.92 Å². The maximum Gasteiger partial charge on any atom is 0.227 e. The summed E-state index contributed by atoms with van der Waals surface area (Å²) in [4.78, 5) is 14.8. The third kappa shape index (κ3) is 1.98. The van der Waals surface area contributed by atoms with Gasteiger partial charge < -0.3 is 14.8 Å². The average molecular weight is 261 g/mol. The van der Waals surface area contributed by atoms with Crippen LogP contribution in [-0.4, -0.2) is 35.0 Å². The van der Waals surface area contributed by atoms with Crippen LogP contribution >= 0.6 is 0 Å². The van der Waals surface area contributed by atoms with Crippen LogP contribution in [-0.2, 0) is 11.3 Å². The number of rotatable bonds is 1. The second kappa shape index (κ2) is 4.67. The topological polar surface area (TPSA) is 37.3 Å². The fourth-order valence-electron chi connectivity index (χ4n) is 3.48. The number of fused-ring (bicyclic) bond motifs is 1. The summed E-state index contributed by atoms with van der Waals surface area (Å²) >= 11 is 0. The first-order chi connectivity index (χ1) is 9.09. The first-order valence-electron chi connectivity index (χ1n) is 7.27. The van der Waals surface area contributed by atoms with Gasteiger partial charge in [0, 0.05) is 31.0 Å². The van der Waals surface area contributed by atoms with E-state index in [0.29, 0.717) is 11.8 Å². The van der Waals surface area contributed by atoms with Crippen molar-refractivity contribution < 1.29 is 4.79 Å². The molecule has 0 bridgehead atoms. The summed E-state index contributed by atoms with van der Waals surface area (Å²) in [7, 11) is 0. The zero-order valence-electron chi connectivity index (χ0n) is 12.0. The molecule has 3 heterocycles. The van der Waals surface area contributed by atoms with Gasteiger partial charge in [-0.2, -0.15) is 0 Å². The molecule has 0 aromatic carbocycles. The summed E-state index contributed by atoms with van der Waals surface area (Å²) in [6.45, 7) is 10.0. The molecule has 0 saturated carbocycles. The highest BCUT2D eigenvalue weighted by molar-refractivity contribution is 5.80. The molecule has 19 heavy (non-hydrogen) atoms. The van der Waals surface area contributed by atoms with Gasteiger partial charge in [0.05, 0.1) is 12.0 Å². The lowest BCUT2D eigenvalue weighted by Crippen LogP contribution is -2.45. The Morgan fingerprint density at radius 3 is 2.74 bits per heavy atom. The van der Waals surface area contributed by atoms with E-state index < -0.39 is 0 Å². The van der Waals surface area contributed by atoms with Gasteiger partial charge in [-0.15, -0.1) is 0 Å². The summed E-state index contributed by atoms with van der Waals surface area (Å²) in [6, 6.07) is 4.51. The Balaban J connectivity index is 1.82. The lowest BCUT2D eigenvalue weighted by molar-refractivity contribution is -0.139. The van der Waals surface area contributed by atoms with Gasteiger partial charge in [0.25, 0.3) is 0 Å². The van der Waals surface area contributed by atoms with Crippen LogP contribution < -0.4 is 5.32 Å². The van der Waals surface area contributed by atoms with E-state index in [9.17, 15) is 4.79 Å². The van der Waals surface area contributed by atoms with Crippen molar-refractivity contribution in [3.05, 3.63) is 23.5 Å². The van der Waals surface area contributed by atoms with Gasteiger partial charge in [0.1, 0.15) is 0 Å². The Kier molecular flexibility index (Phi) is 3.13. The van der Waals surface area contributed by atoms with E-state index in [1.807, 2.05) is 0 Å². The minimum Gasteiger partial charge on any atom is -0.345 e. The number of amides is 1. The molecule has 2 aliphatic heterocycles. The minimum atomic E-state index is 0.157. The molecule has 1 aromatic rings. The monoisotopic (exact) mass is 261 g/mol. The largest absolute Gasteiger partial charge is 0.345 e. The summed E-state index contributed by atoms with van der Waals surface area (Å²) in [5.74, 6) is 0.940. The minimum absolute atomic E-state index is 0.157. The zero-order valence-corrected chi connectivity index (χ0v) is 12.0. The number of nitrogens with zero attached hydrogens (tertiary/aromatic N) is 2. The second-order valence-electron chi connectivity index (χ2n) is 6.00. The van der Waals surface area contributed by atoms with Crippen molar-refractivity contribution in [3.63, 3.8) is 0 Å². The molecule has 1 amide bonds. The molecule has 4 nitrogen and oxygen atoms in total. The maximum absolute atomic E-state index is 12.7. The number of aromatic nitrogens is 1. The third-order valence-corrected chi connectivity index (χ3v) is 4.81. The molecule has 0 radical (unpaired) electrons. The van der Waals surface area contributed by atoms with E-state index in [-0.39, 0.29) is 12.0 Å². The molecule has 1 fully saturated rings. The highest BCUT2D eigenvalue weighted by atomic mass is 16.2. The molecule has 1 N–H and O–H groups in total. The van der Waals surface area contributed by atoms with E-state index >= 15 is 0 Å². The highest BCUT2D eigenvalue weighted by Gasteiger charge is 2.36. The number of hydrogen-bond donors (Lipinski definition) is 1. The molecule has 104 valence electrons. The number of hydrogen-bond acceptors (Lipinski definition) is 2. The van der Waals surface area contributed by atoms with Gasteiger partial charge in [-0.3, -0.25) is 4.79 Å². The molecule has 4 heteroatoms. The van der Waals surface area contributed by atoms with Crippen LogP contribution in [0.25, 0.3) is 0 Å². The molecule has 0 spiro atoms. The first kappa shape index (κ1) is 12.7. The smallest absolute Gasteiger partial charge is 0.227 e. The van der Waals surface area contributed by atoms with Gasteiger partial charge in [0.15, 0.2) is 0 Å². The van der Waals surface area contributed by atoms with Crippen LogP contribution in [0.2, 0.25) is 0 Å². The van der Waals surface area contributed by atoms with E-state index in [1.54, 1.807) is 0 Å². The van der Waals surface area contributed by atoms with Crippen molar-refractivity contribution in [2.45, 2.75) is 33.4 Å². The van der Waals surface area contributed by atoms with Crippen molar-refractivity contribution in [3.8, 4) is 0 Å². The Labute approximate surface area is 114 Å². The molecular weight excluding hydrogens is 238 g/mol. The summed E-state index contributed by atoms with van der Waals surface area (Å²) in [5.41, 5.74) is 2.57. The predicted octanol–water partition coefficient (Wildman–Crippen LogP) is 1.56. The SMILES string of the molecule is Cc1ccc2n1CCN(C(=O)[C@@H]1CNC[C@H]1C)C2C. The Morgan fingerprint density at radius 2 is 2.05 bits per heavy atom. The first-order valence-corrected chi connectivity index (χ1v) is 7.27. The lowest BCUT2D eigenvalue weighted by atomic mass is 9.95. The fraction of sp³-hybridized carbons (Fsp3) is 0.667. The Bertz CT molecular complexity index is 494. The van der Waals surface area contributed by atoms with Crippen LogP contribution in [0.1, 0.15) is 31.3 Å². The molecular formula is C15H23N3O. The zero-order chi connectivity index (χ0) is 13.6. The van der Waals surface area contributed by atoms with Crippen LogP contribution in [0.15, 0.2) is 12.1 Å². The number of carbonyl (C=O) groups is 1. The third-order valence-electron chi connectivity index (χ3n) is 4.81. The van der Waals surface area contributed by atoms with Crippen molar-refractivity contribution in [1.29, 1.82) is 0 Å². The summed E-state index contributed by atoms with van der Waals surface area (Å²) in [5, 5.41) is 3.33. The van der Waals surface area contributed by atoms with Gasteiger partial charge in [-0.25, -0.2) is 0 Å². The lowest BCUT2D eigenvalue weighted by Gasteiger charge is -2.37. The molecule has 3 rings (SSSR count). The second-order valence-corrected chi connectivity index (χ2v) is 6.00. The number of carbonyl (C=O) groups excluding carboxylic acids is 1. The molecule has 1 unspecified atom stereocenters. The summed E-state index contributed by atoms with van der Waals surface area (Å²) in [6.07, 6.45) is 0. The van der Waals surface area contributed by atoms with Crippen LogP contribution in [0.5, 0.6) is 0 Å². The van der Waals surface area contributed by atoms with Crippen molar-refractivity contribution in [2.75, 3.05) is 19.6 Å². The Hall–Kier alpha value is -1.29.